The Kier molecular flexibility index (Phi) is 5.45. The van der Waals surface area contributed by atoms with Gasteiger partial charge in [-0.05, 0) is 38.1 Å². The average molecular weight is 369 g/mol. The van der Waals surface area contributed by atoms with Gasteiger partial charge < -0.3 is 11.1 Å². The molecule has 9 heteroatoms. The molecule has 3 rings (SSSR count). The number of carbonyl (C=O) groups is 1. The van der Waals surface area contributed by atoms with Crippen molar-refractivity contribution in [3.63, 3.8) is 0 Å². The summed E-state index contributed by atoms with van der Waals surface area (Å²) in [6, 6.07) is 0.0341. The molecular formula is C16H27N5O3S. The number of nitrogens with one attached hydrogen (secondary N) is 1. The zero-order chi connectivity index (χ0) is 18.0. The predicted molar refractivity (Wildman–Crippen MR) is 93.0 cm³/mol. The number of sulfonamides is 1. The minimum atomic E-state index is -3.50. The Morgan fingerprint density at radius 1 is 1.32 bits per heavy atom. The molecule has 1 aromatic rings. The molecule has 2 atom stereocenters. The highest BCUT2D eigenvalue weighted by Gasteiger charge is 2.35. The minimum absolute atomic E-state index is 0.0159. The van der Waals surface area contributed by atoms with Gasteiger partial charge in [-0.2, -0.15) is 9.40 Å². The van der Waals surface area contributed by atoms with Crippen LogP contribution in [0.1, 0.15) is 32.1 Å². The van der Waals surface area contributed by atoms with E-state index in [0.717, 1.165) is 19.3 Å². The maximum atomic E-state index is 12.6. The van der Waals surface area contributed by atoms with Crippen molar-refractivity contribution in [2.75, 3.05) is 19.6 Å². The first-order chi connectivity index (χ1) is 11.9. The highest BCUT2D eigenvalue weighted by molar-refractivity contribution is 7.89. The standard InChI is InChI=1S/C16H27N5O3S/c1-20-11-14(10-18-20)25(23,24)21-7-5-13(6-8-21)19-16(22)15-4-2-3-12(15)9-17/h10-13,15H,2-9,17H2,1H3,(H,19,22)/t12-,15-/m1/s1. The summed E-state index contributed by atoms with van der Waals surface area (Å²) in [5.41, 5.74) is 5.76. The van der Waals surface area contributed by atoms with E-state index in [-0.39, 0.29) is 28.7 Å². The average Bonchev–Trinajstić information content (AvgIpc) is 3.24. The van der Waals surface area contributed by atoms with Crippen LogP contribution in [0.3, 0.4) is 0 Å². The van der Waals surface area contributed by atoms with Crippen molar-refractivity contribution in [3.05, 3.63) is 12.4 Å². The molecule has 1 saturated carbocycles. The van der Waals surface area contributed by atoms with Gasteiger partial charge in [0.25, 0.3) is 0 Å². The first kappa shape index (κ1) is 18.3. The number of amides is 1. The van der Waals surface area contributed by atoms with Crippen molar-refractivity contribution in [2.24, 2.45) is 24.6 Å². The van der Waals surface area contributed by atoms with Crippen LogP contribution in [0.2, 0.25) is 0 Å². The fraction of sp³-hybridized carbons (Fsp3) is 0.750. The van der Waals surface area contributed by atoms with E-state index in [1.54, 1.807) is 7.05 Å². The van der Waals surface area contributed by atoms with Crippen LogP contribution in [-0.2, 0) is 21.9 Å². The molecule has 1 amide bonds. The Hall–Kier alpha value is -1.45. The molecule has 1 aliphatic heterocycles. The van der Waals surface area contributed by atoms with Crippen LogP contribution >= 0.6 is 0 Å². The lowest BCUT2D eigenvalue weighted by Crippen LogP contribution is -2.48. The monoisotopic (exact) mass is 369 g/mol. The number of rotatable bonds is 5. The Morgan fingerprint density at radius 3 is 2.64 bits per heavy atom. The van der Waals surface area contributed by atoms with Gasteiger partial charge in [-0.1, -0.05) is 6.42 Å². The van der Waals surface area contributed by atoms with Gasteiger partial charge >= 0.3 is 0 Å². The first-order valence-electron chi connectivity index (χ1n) is 8.91. The van der Waals surface area contributed by atoms with Crippen LogP contribution in [0.4, 0.5) is 0 Å². The third kappa shape index (κ3) is 3.88. The number of nitrogens with two attached hydrogens (primary N) is 1. The number of hydrogen-bond donors (Lipinski definition) is 2. The third-order valence-electron chi connectivity index (χ3n) is 5.42. The molecule has 0 bridgehead atoms. The highest BCUT2D eigenvalue weighted by Crippen LogP contribution is 2.31. The lowest BCUT2D eigenvalue weighted by atomic mass is 9.94. The molecule has 0 unspecified atom stereocenters. The van der Waals surface area contributed by atoms with E-state index in [0.29, 0.717) is 32.5 Å². The van der Waals surface area contributed by atoms with Crippen molar-refractivity contribution in [1.29, 1.82) is 0 Å². The van der Waals surface area contributed by atoms with Crippen molar-refractivity contribution in [1.82, 2.24) is 19.4 Å². The van der Waals surface area contributed by atoms with E-state index >= 15 is 0 Å². The van der Waals surface area contributed by atoms with Gasteiger partial charge in [-0.15, -0.1) is 0 Å². The molecule has 2 heterocycles. The second kappa shape index (κ2) is 7.43. The Morgan fingerprint density at radius 2 is 2.04 bits per heavy atom. The molecule has 0 spiro atoms. The molecule has 0 radical (unpaired) electrons. The summed E-state index contributed by atoms with van der Waals surface area (Å²) in [6.07, 6.45) is 7.13. The largest absolute Gasteiger partial charge is 0.353 e. The quantitative estimate of drug-likeness (QED) is 0.763. The van der Waals surface area contributed by atoms with E-state index in [9.17, 15) is 13.2 Å². The fourth-order valence-corrected chi connectivity index (χ4v) is 5.35. The molecular weight excluding hydrogens is 342 g/mol. The molecule has 0 aromatic carbocycles. The van der Waals surface area contributed by atoms with E-state index in [4.69, 9.17) is 5.73 Å². The van der Waals surface area contributed by atoms with Gasteiger partial charge in [0.15, 0.2) is 0 Å². The lowest BCUT2D eigenvalue weighted by Gasteiger charge is -2.32. The van der Waals surface area contributed by atoms with Gasteiger partial charge in [0.1, 0.15) is 4.90 Å². The fourth-order valence-electron chi connectivity index (χ4n) is 3.89. The van der Waals surface area contributed by atoms with Gasteiger partial charge in [0, 0.05) is 38.3 Å². The molecule has 2 fully saturated rings. The maximum Gasteiger partial charge on any atom is 0.246 e. The second-order valence-electron chi connectivity index (χ2n) is 7.07. The summed E-state index contributed by atoms with van der Waals surface area (Å²) < 4.78 is 28.1. The lowest BCUT2D eigenvalue weighted by molar-refractivity contribution is -0.126. The van der Waals surface area contributed by atoms with E-state index in [2.05, 4.69) is 10.4 Å². The Balaban J connectivity index is 1.54. The van der Waals surface area contributed by atoms with Crippen molar-refractivity contribution >= 4 is 15.9 Å². The number of nitrogens with zero attached hydrogens (tertiary/aromatic N) is 3. The molecule has 1 aromatic heterocycles. The smallest absolute Gasteiger partial charge is 0.246 e. The topological polar surface area (TPSA) is 110 Å². The molecule has 2 aliphatic rings. The van der Waals surface area contributed by atoms with Gasteiger partial charge in [-0.3, -0.25) is 9.48 Å². The van der Waals surface area contributed by atoms with Crippen LogP contribution in [0, 0.1) is 11.8 Å². The predicted octanol–water partition coefficient (Wildman–Crippen LogP) is 0.0644. The minimum Gasteiger partial charge on any atom is -0.353 e. The first-order valence-corrected chi connectivity index (χ1v) is 10.3. The van der Waals surface area contributed by atoms with Crippen molar-refractivity contribution < 1.29 is 13.2 Å². The SMILES string of the molecule is Cn1cc(S(=O)(=O)N2CCC(NC(=O)[C@@H]3CCC[C@@H]3CN)CC2)cn1. The van der Waals surface area contributed by atoms with Gasteiger partial charge in [0.05, 0.1) is 6.20 Å². The Bertz CT molecular complexity index is 709. The summed E-state index contributed by atoms with van der Waals surface area (Å²) in [5.74, 6) is 0.384. The van der Waals surface area contributed by atoms with E-state index < -0.39 is 10.0 Å². The number of carbonyl (C=O) groups excluding carboxylic acids is 1. The number of aromatic nitrogens is 2. The summed E-state index contributed by atoms with van der Waals surface area (Å²) in [5, 5.41) is 7.04. The van der Waals surface area contributed by atoms with Crippen LogP contribution in [0.15, 0.2) is 17.3 Å². The van der Waals surface area contributed by atoms with Crippen LogP contribution in [0.5, 0.6) is 0 Å². The van der Waals surface area contributed by atoms with Crippen LogP contribution < -0.4 is 11.1 Å². The van der Waals surface area contributed by atoms with E-state index in [1.807, 2.05) is 0 Å². The van der Waals surface area contributed by atoms with Crippen molar-refractivity contribution in [3.8, 4) is 0 Å². The number of piperidine rings is 1. The number of aryl methyl sites for hydroxylation is 1. The van der Waals surface area contributed by atoms with Crippen LogP contribution in [-0.4, -0.2) is 54.1 Å². The zero-order valence-corrected chi connectivity index (χ0v) is 15.4. The summed E-state index contributed by atoms with van der Waals surface area (Å²) >= 11 is 0. The van der Waals surface area contributed by atoms with Crippen LogP contribution in [0.25, 0.3) is 0 Å². The molecule has 25 heavy (non-hydrogen) atoms. The zero-order valence-electron chi connectivity index (χ0n) is 14.6. The molecule has 1 saturated heterocycles. The van der Waals surface area contributed by atoms with Gasteiger partial charge in [-0.25, -0.2) is 8.42 Å². The Labute approximate surface area is 148 Å². The molecule has 1 aliphatic carbocycles. The molecule has 8 nitrogen and oxygen atoms in total. The highest BCUT2D eigenvalue weighted by atomic mass is 32.2. The molecule has 3 N–H and O–H groups in total. The maximum absolute atomic E-state index is 12.6. The number of hydrogen-bond acceptors (Lipinski definition) is 5. The third-order valence-corrected chi connectivity index (χ3v) is 7.27. The summed E-state index contributed by atoms with van der Waals surface area (Å²) in [7, 11) is -1.81. The van der Waals surface area contributed by atoms with E-state index in [1.165, 1.54) is 21.4 Å². The second-order valence-corrected chi connectivity index (χ2v) is 9.01. The molecule has 140 valence electrons. The van der Waals surface area contributed by atoms with Gasteiger partial charge in [0.2, 0.25) is 15.9 Å². The summed E-state index contributed by atoms with van der Waals surface area (Å²) in [6.45, 7) is 1.38. The summed E-state index contributed by atoms with van der Waals surface area (Å²) in [4.78, 5) is 12.7. The van der Waals surface area contributed by atoms with Crippen molar-refractivity contribution in [2.45, 2.75) is 43.0 Å². The normalized spacial score (nSPS) is 26.0.